The van der Waals surface area contributed by atoms with Gasteiger partial charge in [-0.15, -0.1) is 0 Å². The van der Waals surface area contributed by atoms with Crippen molar-refractivity contribution in [3.63, 3.8) is 0 Å². The Morgan fingerprint density at radius 1 is 1.29 bits per heavy atom. The Morgan fingerprint density at radius 3 is 2.93 bits per heavy atom. The molecule has 1 aliphatic heterocycles. The quantitative estimate of drug-likeness (QED) is 0.601. The first-order chi connectivity index (χ1) is 13.5. The monoisotopic (exact) mass is 438 g/mol. The van der Waals surface area contributed by atoms with Gasteiger partial charge in [0.2, 0.25) is 0 Å². The lowest BCUT2D eigenvalue weighted by molar-refractivity contribution is 0.0684. The van der Waals surface area contributed by atoms with Crippen LogP contribution < -0.4 is 5.32 Å². The van der Waals surface area contributed by atoms with E-state index in [0.717, 1.165) is 46.4 Å². The van der Waals surface area contributed by atoms with E-state index in [9.17, 15) is 4.79 Å². The molecule has 0 radical (unpaired) electrons. The minimum absolute atomic E-state index is 0.0269. The molecule has 1 fully saturated rings. The van der Waals surface area contributed by atoms with Gasteiger partial charge in [0.1, 0.15) is 0 Å². The van der Waals surface area contributed by atoms with E-state index in [0.29, 0.717) is 17.1 Å². The van der Waals surface area contributed by atoms with Crippen LogP contribution in [0, 0.1) is 12.8 Å². The zero-order valence-electron chi connectivity index (χ0n) is 16.1. The van der Waals surface area contributed by atoms with Gasteiger partial charge in [0, 0.05) is 40.5 Å². The van der Waals surface area contributed by atoms with Crippen LogP contribution in [0.25, 0.3) is 11.0 Å². The smallest absolute Gasteiger partial charge is 0.257 e. The lowest BCUT2D eigenvalue weighted by Crippen LogP contribution is -2.39. The first-order valence-corrected chi connectivity index (χ1v) is 10.4. The minimum atomic E-state index is 0.0269. The highest BCUT2D eigenvalue weighted by molar-refractivity contribution is 9.10. The van der Waals surface area contributed by atoms with Gasteiger partial charge in [0.15, 0.2) is 5.65 Å². The molecule has 1 amide bonds. The van der Waals surface area contributed by atoms with Crippen LogP contribution in [0.2, 0.25) is 0 Å². The second-order valence-corrected chi connectivity index (χ2v) is 8.42. The second kappa shape index (κ2) is 7.87. The number of piperidine rings is 1. The van der Waals surface area contributed by atoms with E-state index < -0.39 is 0 Å². The number of anilines is 2. The normalized spacial score (nSPS) is 17.0. The summed E-state index contributed by atoms with van der Waals surface area (Å²) in [6, 6.07) is 11.9. The summed E-state index contributed by atoms with van der Waals surface area (Å²) >= 11 is 3.51. The predicted molar refractivity (Wildman–Crippen MR) is 116 cm³/mol. The number of nitrogens with one attached hydrogen (secondary N) is 1. The van der Waals surface area contributed by atoms with Crippen LogP contribution >= 0.6 is 15.9 Å². The largest absolute Gasteiger partial charge is 0.354 e. The molecule has 144 valence electrons. The van der Waals surface area contributed by atoms with E-state index in [1.165, 1.54) is 6.42 Å². The second-order valence-electron chi connectivity index (χ2n) is 7.50. The number of aromatic nitrogens is 2. The van der Waals surface area contributed by atoms with Crippen LogP contribution in [-0.2, 0) is 0 Å². The van der Waals surface area contributed by atoms with E-state index in [1.807, 2.05) is 48.2 Å². The Morgan fingerprint density at radius 2 is 2.14 bits per heavy atom. The van der Waals surface area contributed by atoms with Crippen LogP contribution in [0.3, 0.4) is 0 Å². The average molecular weight is 439 g/mol. The summed E-state index contributed by atoms with van der Waals surface area (Å²) in [4.78, 5) is 24.3. The summed E-state index contributed by atoms with van der Waals surface area (Å²) < 4.78 is 0.975. The van der Waals surface area contributed by atoms with Crippen molar-refractivity contribution in [2.45, 2.75) is 26.7 Å². The molecule has 1 aliphatic rings. The number of carbonyl (C=O) groups excluding carboxylic acids is 1. The third kappa shape index (κ3) is 3.87. The Balaban J connectivity index is 1.80. The summed E-state index contributed by atoms with van der Waals surface area (Å²) in [6.07, 6.45) is 3.88. The molecule has 1 N–H and O–H groups in total. The number of benzene rings is 1. The number of likely N-dealkylation sites (tertiary alicyclic amines) is 1. The zero-order valence-corrected chi connectivity index (χ0v) is 17.7. The van der Waals surface area contributed by atoms with Crippen LogP contribution in [0.1, 0.15) is 35.8 Å². The van der Waals surface area contributed by atoms with Crippen molar-refractivity contribution < 1.29 is 4.79 Å². The predicted octanol–water partition coefficient (Wildman–Crippen LogP) is 5.32. The number of hydrogen-bond acceptors (Lipinski definition) is 4. The number of aryl methyl sites for hydroxylation is 1. The number of rotatable bonds is 3. The van der Waals surface area contributed by atoms with Gasteiger partial charge in [0.25, 0.3) is 5.91 Å². The molecule has 1 atom stereocenters. The molecular weight excluding hydrogens is 416 g/mol. The zero-order chi connectivity index (χ0) is 19.7. The maximum absolute atomic E-state index is 13.4. The topological polar surface area (TPSA) is 58.1 Å². The van der Waals surface area contributed by atoms with Crippen LogP contribution in [0.15, 0.2) is 47.1 Å². The van der Waals surface area contributed by atoms with Crippen molar-refractivity contribution in [3.05, 3.63) is 58.3 Å². The van der Waals surface area contributed by atoms with E-state index in [-0.39, 0.29) is 5.91 Å². The molecule has 0 bridgehead atoms. The molecular formula is C22H23BrN4O. The van der Waals surface area contributed by atoms with Crippen LogP contribution in [0.4, 0.5) is 11.4 Å². The minimum Gasteiger partial charge on any atom is -0.354 e. The molecule has 1 saturated heterocycles. The highest BCUT2D eigenvalue weighted by Gasteiger charge is 2.25. The third-order valence-electron chi connectivity index (χ3n) is 5.14. The fourth-order valence-electron chi connectivity index (χ4n) is 3.72. The van der Waals surface area contributed by atoms with E-state index >= 15 is 0 Å². The van der Waals surface area contributed by atoms with Crippen LogP contribution in [0.5, 0.6) is 0 Å². The summed E-state index contributed by atoms with van der Waals surface area (Å²) in [5.41, 5.74) is 3.80. The number of amides is 1. The number of nitrogens with zero attached hydrogens (tertiary/aromatic N) is 3. The molecule has 3 heterocycles. The average Bonchev–Trinajstić information content (AvgIpc) is 2.67. The number of hydrogen-bond donors (Lipinski definition) is 1. The molecule has 0 aliphatic carbocycles. The third-order valence-corrected chi connectivity index (χ3v) is 5.63. The Hall–Kier alpha value is -2.47. The van der Waals surface area contributed by atoms with Gasteiger partial charge in [-0.2, -0.15) is 0 Å². The van der Waals surface area contributed by atoms with E-state index in [2.05, 4.69) is 38.1 Å². The molecule has 6 heteroatoms. The van der Waals surface area contributed by atoms with Crippen LogP contribution in [-0.4, -0.2) is 33.9 Å². The molecule has 3 aromatic rings. The fraction of sp³-hybridized carbons (Fsp3) is 0.318. The van der Waals surface area contributed by atoms with Crippen molar-refractivity contribution >= 4 is 44.2 Å². The van der Waals surface area contributed by atoms with Crippen molar-refractivity contribution in [1.82, 2.24) is 14.9 Å². The molecule has 4 rings (SSSR count). The first-order valence-electron chi connectivity index (χ1n) is 9.59. The highest BCUT2D eigenvalue weighted by Crippen LogP contribution is 2.31. The molecule has 28 heavy (non-hydrogen) atoms. The fourth-order valence-corrected chi connectivity index (χ4v) is 4.12. The van der Waals surface area contributed by atoms with Crippen molar-refractivity contribution in [3.8, 4) is 0 Å². The summed E-state index contributed by atoms with van der Waals surface area (Å²) in [5.74, 6) is 0.552. The van der Waals surface area contributed by atoms with Gasteiger partial charge in [-0.1, -0.05) is 28.9 Å². The van der Waals surface area contributed by atoms with Crippen molar-refractivity contribution in [2.24, 2.45) is 5.92 Å². The number of pyridine rings is 2. The number of halogens is 1. The molecule has 0 unspecified atom stereocenters. The van der Waals surface area contributed by atoms with E-state index in [1.54, 1.807) is 6.20 Å². The molecule has 0 saturated carbocycles. The SMILES string of the molecule is Cc1ccc2c(Nc3cccc(Br)c3)c(C(=O)N3CCC[C@@H](C)C3)cnc2n1. The maximum atomic E-state index is 13.4. The summed E-state index contributed by atoms with van der Waals surface area (Å²) in [7, 11) is 0. The number of carbonyl (C=O) groups is 1. The van der Waals surface area contributed by atoms with Gasteiger partial charge in [-0.05, 0) is 56.0 Å². The van der Waals surface area contributed by atoms with Crippen molar-refractivity contribution in [2.75, 3.05) is 18.4 Å². The standard InChI is InChI=1S/C22H23BrN4O/c1-14-5-4-10-27(13-14)22(28)19-12-24-21-18(9-8-15(2)25-21)20(19)26-17-7-3-6-16(23)11-17/h3,6-9,11-12,14H,4-5,10,13H2,1-2H3,(H,24,25,26)/t14-/m1/s1. The Bertz CT molecular complexity index is 1040. The Kier molecular flexibility index (Phi) is 5.31. The summed E-state index contributed by atoms with van der Waals surface area (Å²) in [5, 5.41) is 4.30. The molecule has 0 spiro atoms. The Labute approximate surface area is 173 Å². The lowest BCUT2D eigenvalue weighted by atomic mass is 9.99. The van der Waals surface area contributed by atoms with Crippen molar-refractivity contribution in [1.29, 1.82) is 0 Å². The highest BCUT2D eigenvalue weighted by atomic mass is 79.9. The summed E-state index contributed by atoms with van der Waals surface area (Å²) in [6.45, 7) is 5.73. The molecule has 2 aromatic heterocycles. The van der Waals surface area contributed by atoms with E-state index in [4.69, 9.17) is 0 Å². The lowest BCUT2D eigenvalue weighted by Gasteiger charge is -2.31. The first kappa shape index (κ1) is 18.9. The van der Waals surface area contributed by atoms with Gasteiger partial charge >= 0.3 is 0 Å². The van der Waals surface area contributed by atoms with Gasteiger partial charge in [-0.3, -0.25) is 4.79 Å². The van der Waals surface area contributed by atoms with Gasteiger partial charge in [0.05, 0.1) is 11.3 Å². The molecule has 1 aromatic carbocycles. The van der Waals surface area contributed by atoms with Gasteiger partial charge < -0.3 is 10.2 Å². The van der Waals surface area contributed by atoms with Gasteiger partial charge in [-0.25, -0.2) is 9.97 Å². The molecule has 5 nitrogen and oxygen atoms in total. The number of fused-ring (bicyclic) bond motifs is 1. The maximum Gasteiger partial charge on any atom is 0.257 e.